The van der Waals surface area contributed by atoms with E-state index in [1.165, 1.54) is 0 Å². The maximum absolute atomic E-state index is 11.8. The average molecular weight is 255 g/mol. The number of rotatable bonds is 9. The van der Waals surface area contributed by atoms with Crippen molar-refractivity contribution in [3.8, 4) is 0 Å². The highest BCUT2D eigenvalue weighted by Crippen LogP contribution is 2.26. The van der Waals surface area contributed by atoms with Gasteiger partial charge in [-0.15, -0.1) is 0 Å². The van der Waals surface area contributed by atoms with Crippen molar-refractivity contribution < 1.29 is 9.59 Å². The Labute approximate surface area is 109 Å². The van der Waals surface area contributed by atoms with E-state index in [4.69, 9.17) is 0 Å². The van der Waals surface area contributed by atoms with E-state index in [0.29, 0.717) is 25.6 Å². The molecule has 0 unspecified atom stereocenters. The molecule has 0 aromatic rings. The summed E-state index contributed by atoms with van der Waals surface area (Å²) in [4.78, 5) is 25.1. The molecule has 1 saturated carbocycles. The minimum Gasteiger partial charge on any atom is -0.356 e. The predicted molar refractivity (Wildman–Crippen MR) is 71.2 cm³/mol. The zero-order valence-corrected chi connectivity index (χ0v) is 11.5. The molecule has 5 heteroatoms. The monoisotopic (exact) mass is 255 g/mol. The first kappa shape index (κ1) is 15.0. The predicted octanol–water partition coefficient (Wildman–Crippen LogP) is 0.503. The van der Waals surface area contributed by atoms with Crippen LogP contribution in [-0.4, -0.2) is 48.9 Å². The van der Waals surface area contributed by atoms with Crippen molar-refractivity contribution in [3.05, 3.63) is 0 Å². The van der Waals surface area contributed by atoms with E-state index < -0.39 is 0 Å². The van der Waals surface area contributed by atoms with Gasteiger partial charge in [-0.2, -0.15) is 0 Å². The lowest BCUT2D eigenvalue weighted by Crippen LogP contribution is -2.40. The minimum atomic E-state index is 0.0475. The average Bonchev–Trinajstić information content (AvgIpc) is 3.17. The van der Waals surface area contributed by atoms with E-state index in [2.05, 4.69) is 10.6 Å². The lowest BCUT2D eigenvalue weighted by atomic mass is 10.3. The lowest BCUT2D eigenvalue weighted by Gasteiger charge is -2.20. The number of hydrogen-bond acceptors (Lipinski definition) is 3. The molecule has 0 atom stereocenters. The second-order valence-corrected chi connectivity index (χ2v) is 4.69. The van der Waals surface area contributed by atoms with Crippen LogP contribution in [0, 0.1) is 0 Å². The molecule has 104 valence electrons. The topological polar surface area (TPSA) is 61.4 Å². The molecule has 0 bridgehead atoms. The fourth-order valence-corrected chi connectivity index (χ4v) is 1.88. The van der Waals surface area contributed by atoms with Crippen molar-refractivity contribution >= 4 is 11.8 Å². The van der Waals surface area contributed by atoms with Crippen LogP contribution >= 0.6 is 0 Å². The van der Waals surface area contributed by atoms with Crippen molar-refractivity contribution in [2.24, 2.45) is 0 Å². The van der Waals surface area contributed by atoms with Gasteiger partial charge in [-0.25, -0.2) is 0 Å². The Morgan fingerprint density at radius 3 is 2.50 bits per heavy atom. The van der Waals surface area contributed by atoms with E-state index in [0.717, 1.165) is 32.4 Å². The van der Waals surface area contributed by atoms with Gasteiger partial charge in [0.1, 0.15) is 0 Å². The number of hydrogen-bond donors (Lipinski definition) is 2. The molecular weight excluding hydrogens is 230 g/mol. The number of amides is 2. The van der Waals surface area contributed by atoms with Crippen LogP contribution in [0.3, 0.4) is 0 Å². The molecule has 0 aliphatic heterocycles. The van der Waals surface area contributed by atoms with Crippen molar-refractivity contribution in [1.82, 2.24) is 15.5 Å². The van der Waals surface area contributed by atoms with Crippen LogP contribution in [0.2, 0.25) is 0 Å². The summed E-state index contributed by atoms with van der Waals surface area (Å²) in [5.41, 5.74) is 0. The molecule has 1 aliphatic rings. The van der Waals surface area contributed by atoms with Gasteiger partial charge in [0, 0.05) is 32.1 Å². The quantitative estimate of drug-likeness (QED) is 0.590. The van der Waals surface area contributed by atoms with Gasteiger partial charge in [-0.1, -0.05) is 6.92 Å². The number of carbonyl (C=O) groups excluding carboxylic acids is 2. The van der Waals surface area contributed by atoms with Crippen molar-refractivity contribution in [3.63, 3.8) is 0 Å². The summed E-state index contributed by atoms with van der Waals surface area (Å²) >= 11 is 0. The zero-order valence-electron chi connectivity index (χ0n) is 11.5. The van der Waals surface area contributed by atoms with Gasteiger partial charge >= 0.3 is 0 Å². The van der Waals surface area contributed by atoms with Crippen LogP contribution in [0.15, 0.2) is 0 Å². The third kappa shape index (κ3) is 5.49. The van der Waals surface area contributed by atoms with Crippen molar-refractivity contribution in [2.75, 3.05) is 26.2 Å². The van der Waals surface area contributed by atoms with Gasteiger partial charge in [0.05, 0.1) is 6.54 Å². The molecule has 0 radical (unpaired) electrons. The highest BCUT2D eigenvalue weighted by molar-refractivity contribution is 5.79. The molecule has 5 nitrogen and oxygen atoms in total. The maximum Gasteiger partial charge on any atom is 0.236 e. The van der Waals surface area contributed by atoms with E-state index >= 15 is 0 Å². The van der Waals surface area contributed by atoms with Gasteiger partial charge in [-0.05, 0) is 26.2 Å². The van der Waals surface area contributed by atoms with Crippen LogP contribution in [0.25, 0.3) is 0 Å². The Kier molecular flexibility index (Phi) is 6.72. The smallest absolute Gasteiger partial charge is 0.236 e. The Balaban J connectivity index is 2.06. The lowest BCUT2D eigenvalue weighted by molar-refractivity contribution is -0.130. The number of nitrogens with one attached hydrogen (secondary N) is 2. The molecule has 1 aliphatic carbocycles. The second kappa shape index (κ2) is 8.08. The van der Waals surface area contributed by atoms with Crippen LogP contribution in [0.4, 0.5) is 0 Å². The van der Waals surface area contributed by atoms with E-state index in [9.17, 15) is 9.59 Å². The highest BCUT2D eigenvalue weighted by Gasteiger charge is 2.30. The minimum absolute atomic E-state index is 0.0475. The summed E-state index contributed by atoms with van der Waals surface area (Å²) in [6.07, 6.45) is 3.66. The van der Waals surface area contributed by atoms with Crippen LogP contribution < -0.4 is 10.6 Å². The molecule has 1 fully saturated rings. The van der Waals surface area contributed by atoms with E-state index in [-0.39, 0.29) is 11.8 Å². The summed E-state index contributed by atoms with van der Waals surface area (Å²) in [6.45, 7) is 6.43. The molecule has 18 heavy (non-hydrogen) atoms. The van der Waals surface area contributed by atoms with Crippen LogP contribution in [0.1, 0.15) is 39.5 Å². The Hall–Kier alpha value is -1.10. The standard InChI is InChI=1S/C13H25N3O2/c1-3-8-15-12(17)7-9-14-10-13(18)16(4-2)11-5-6-11/h11,14H,3-10H2,1-2H3,(H,15,17). The van der Waals surface area contributed by atoms with Gasteiger partial charge in [0.25, 0.3) is 0 Å². The zero-order chi connectivity index (χ0) is 13.4. The molecule has 2 N–H and O–H groups in total. The SMILES string of the molecule is CCCNC(=O)CCNCC(=O)N(CC)C1CC1. The molecule has 0 aromatic heterocycles. The van der Waals surface area contributed by atoms with Gasteiger partial charge in [-0.3, -0.25) is 9.59 Å². The molecule has 0 saturated heterocycles. The highest BCUT2D eigenvalue weighted by atomic mass is 16.2. The number of likely N-dealkylation sites (N-methyl/N-ethyl adjacent to an activating group) is 1. The van der Waals surface area contributed by atoms with Crippen LogP contribution in [-0.2, 0) is 9.59 Å². The molecule has 0 aromatic carbocycles. The first-order valence-corrected chi connectivity index (χ1v) is 6.95. The van der Waals surface area contributed by atoms with E-state index in [1.807, 2.05) is 18.7 Å². The van der Waals surface area contributed by atoms with Crippen molar-refractivity contribution in [2.45, 2.75) is 45.6 Å². The van der Waals surface area contributed by atoms with Crippen molar-refractivity contribution in [1.29, 1.82) is 0 Å². The van der Waals surface area contributed by atoms with Crippen LogP contribution in [0.5, 0.6) is 0 Å². The first-order valence-electron chi connectivity index (χ1n) is 6.95. The number of carbonyl (C=O) groups is 2. The first-order chi connectivity index (χ1) is 8.69. The maximum atomic E-state index is 11.8. The van der Waals surface area contributed by atoms with Gasteiger partial charge in [0.15, 0.2) is 0 Å². The van der Waals surface area contributed by atoms with Gasteiger partial charge in [0.2, 0.25) is 11.8 Å². The Bertz CT molecular complexity index is 277. The summed E-state index contributed by atoms with van der Waals surface area (Å²) in [7, 11) is 0. The summed E-state index contributed by atoms with van der Waals surface area (Å²) in [5.74, 6) is 0.195. The van der Waals surface area contributed by atoms with Gasteiger partial charge < -0.3 is 15.5 Å². The molecule has 0 heterocycles. The third-order valence-corrected chi connectivity index (χ3v) is 3.03. The molecular formula is C13H25N3O2. The largest absolute Gasteiger partial charge is 0.356 e. The summed E-state index contributed by atoms with van der Waals surface area (Å²) in [5, 5.41) is 5.85. The molecule has 0 spiro atoms. The second-order valence-electron chi connectivity index (χ2n) is 4.69. The fraction of sp³-hybridized carbons (Fsp3) is 0.846. The summed E-state index contributed by atoms with van der Waals surface area (Å²) in [6, 6.07) is 0.470. The number of nitrogens with zero attached hydrogens (tertiary/aromatic N) is 1. The fourth-order valence-electron chi connectivity index (χ4n) is 1.88. The normalized spacial score (nSPS) is 14.3. The molecule has 1 rings (SSSR count). The molecule has 2 amide bonds. The third-order valence-electron chi connectivity index (χ3n) is 3.03. The van der Waals surface area contributed by atoms with E-state index in [1.54, 1.807) is 0 Å². The Morgan fingerprint density at radius 1 is 1.22 bits per heavy atom. The Morgan fingerprint density at radius 2 is 1.94 bits per heavy atom. The summed E-state index contributed by atoms with van der Waals surface area (Å²) < 4.78 is 0.